The maximum absolute atomic E-state index is 14.6. The van der Waals surface area contributed by atoms with E-state index in [-0.39, 0.29) is 17.6 Å². The molecule has 0 bridgehead atoms. The number of fused-ring (bicyclic) bond motifs is 1. The number of amides is 1. The van der Waals surface area contributed by atoms with E-state index in [1.165, 1.54) is 12.1 Å². The van der Waals surface area contributed by atoms with E-state index in [0.29, 0.717) is 41.0 Å². The highest BCUT2D eigenvalue weighted by atomic mass is 35.5. The molecule has 8 nitrogen and oxygen atoms in total. The molecule has 0 radical (unpaired) electrons. The number of rotatable bonds is 4. The highest BCUT2D eigenvalue weighted by molar-refractivity contribution is 6.34. The predicted octanol–water partition coefficient (Wildman–Crippen LogP) is 4.51. The quantitative estimate of drug-likeness (QED) is 0.426. The molecule has 178 valence electrons. The van der Waals surface area contributed by atoms with Crippen LogP contribution in [-0.2, 0) is 7.05 Å². The van der Waals surface area contributed by atoms with E-state index in [4.69, 9.17) is 23.2 Å². The Bertz CT molecular complexity index is 1520. The van der Waals surface area contributed by atoms with Gasteiger partial charge in [-0.1, -0.05) is 23.7 Å². The first-order chi connectivity index (χ1) is 16.8. The third-order valence-corrected chi connectivity index (χ3v) is 6.97. The number of nitrogens with zero attached hydrogens (tertiary/aromatic N) is 6. The van der Waals surface area contributed by atoms with Crippen molar-refractivity contribution in [1.82, 2.24) is 29.5 Å². The SMILES string of the molecule is [C-]#[N+]c1ccc(-c2nc(C(=O)N3CC[C@H](NC)C3)c(C)n2-c2ccc3nn(C)c(Cl)c3c2)cc1F. The second kappa shape index (κ2) is 8.80. The molecule has 2 aromatic heterocycles. The number of hydrogen-bond acceptors (Lipinski definition) is 4. The van der Waals surface area contributed by atoms with Crippen LogP contribution in [-0.4, -0.2) is 56.3 Å². The number of hydrogen-bond donors (Lipinski definition) is 1. The van der Waals surface area contributed by atoms with Crippen LogP contribution in [0.25, 0.3) is 32.8 Å². The van der Waals surface area contributed by atoms with Crippen LogP contribution in [0.1, 0.15) is 22.6 Å². The maximum atomic E-state index is 14.6. The van der Waals surface area contributed by atoms with Crippen LogP contribution in [0.3, 0.4) is 0 Å². The summed E-state index contributed by atoms with van der Waals surface area (Å²) in [6, 6.07) is 10.2. The number of likely N-dealkylation sites (N-methyl/N-ethyl adjacent to an activating group) is 1. The Hall–Kier alpha value is -3.74. The minimum atomic E-state index is -0.639. The second-order valence-electron chi connectivity index (χ2n) is 8.62. The number of aromatic nitrogens is 4. The predicted molar refractivity (Wildman–Crippen MR) is 133 cm³/mol. The standard InChI is InChI=1S/C25H23ClFN7O/c1-14-22(25(35)33-10-9-16(13-33)28-2)30-24(15-5-7-21(29-3)19(27)11-15)34(14)17-6-8-20-18(12-17)23(26)32(4)31-20/h5-8,11-12,16,28H,9-10,13H2,1-2,4H3/t16-/m0/s1. The number of benzene rings is 2. The minimum Gasteiger partial charge on any atom is -0.336 e. The molecule has 1 aliphatic rings. The van der Waals surface area contributed by atoms with Crippen LogP contribution in [0.15, 0.2) is 36.4 Å². The molecule has 35 heavy (non-hydrogen) atoms. The van der Waals surface area contributed by atoms with Crippen molar-refractivity contribution in [2.75, 3.05) is 20.1 Å². The van der Waals surface area contributed by atoms with Gasteiger partial charge in [-0.3, -0.25) is 14.0 Å². The van der Waals surface area contributed by atoms with Crippen LogP contribution in [0, 0.1) is 19.3 Å². The van der Waals surface area contributed by atoms with E-state index in [1.54, 1.807) is 22.7 Å². The molecule has 0 aliphatic carbocycles. The normalized spacial score (nSPS) is 15.7. The fourth-order valence-corrected chi connectivity index (χ4v) is 4.77. The summed E-state index contributed by atoms with van der Waals surface area (Å²) >= 11 is 6.45. The Morgan fingerprint density at radius 1 is 1.29 bits per heavy atom. The number of carbonyl (C=O) groups is 1. The lowest BCUT2D eigenvalue weighted by Crippen LogP contribution is -2.34. The summed E-state index contributed by atoms with van der Waals surface area (Å²) in [5.41, 5.74) is 2.79. The average molecular weight is 492 g/mol. The number of likely N-dealkylation sites (tertiary alicyclic amines) is 1. The molecule has 0 saturated carbocycles. The second-order valence-corrected chi connectivity index (χ2v) is 8.98. The Morgan fingerprint density at radius 3 is 2.77 bits per heavy atom. The van der Waals surface area contributed by atoms with Gasteiger partial charge in [-0.15, -0.1) is 0 Å². The van der Waals surface area contributed by atoms with Gasteiger partial charge in [0.05, 0.1) is 17.8 Å². The lowest BCUT2D eigenvalue weighted by atomic mass is 10.1. The molecule has 0 spiro atoms. The third kappa shape index (κ3) is 3.85. The molecule has 1 aliphatic heterocycles. The van der Waals surface area contributed by atoms with Crippen molar-refractivity contribution in [3.8, 4) is 17.1 Å². The van der Waals surface area contributed by atoms with Crippen LogP contribution in [0.4, 0.5) is 10.1 Å². The summed E-state index contributed by atoms with van der Waals surface area (Å²) in [5, 5.41) is 8.86. The Morgan fingerprint density at radius 2 is 2.09 bits per heavy atom. The van der Waals surface area contributed by atoms with Gasteiger partial charge in [0.25, 0.3) is 5.91 Å². The number of halogens is 2. The Labute approximate surface area is 206 Å². The first-order valence-electron chi connectivity index (χ1n) is 11.2. The smallest absolute Gasteiger partial charge is 0.274 e. The van der Waals surface area contributed by atoms with Crippen LogP contribution >= 0.6 is 11.6 Å². The molecule has 3 heterocycles. The molecule has 1 saturated heterocycles. The summed E-state index contributed by atoms with van der Waals surface area (Å²) in [6.07, 6.45) is 0.869. The van der Waals surface area contributed by atoms with Crippen molar-refractivity contribution in [3.05, 3.63) is 70.2 Å². The fraction of sp³-hybridized carbons (Fsp3) is 0.280. The number of aryl methyl sites for hydroxylation is 1. The summed E-state index contributed by atoms with van der Waals surface area (Å²) in [7, 11) is 3.65. The first kappa shape index (κ1) is 23.0. The topological polar surface area (TPSA) is 72.3 Å². The summed E-state index contributed by atoms with van der Waals surface area (Å²) in [6.45, 7) is 10.2. The van der Waals surface area contributed by atoms with Gasteiger partial charge in [-0.05, 0) is 44.7 Å². The van der Waals surface area contributed by atoms with Gasteiger partial charge >= 0.3 is 0 Å². The highest BCUT2D eigenvalue weighted by Crippen LogP contribution is 2.33. The molecule has 10 heteroatoms. The van der Waals surface area contributed by atoms with E-state index < -0.39 is 5.82 Å². The average Bonchev–Trinajstić information content (AvgIpc) is 3.55. The third-order valence-electron chi connectivity index (χ3n) is 6.52. The van der Waals surface area contributed by atoms with E-state index in [9.17, 15) is 9.18 Å². The van der Waals surface area contributed by atoms with Crippen molar-refractivity contribution >= 4 is 34.1 Å². The molecule has 0 unspecified atom stereocenters. The minimum absolute atomic E-state index is 0.0707. The Balaban J connectivity index is 1.69. The van der Waals surface area contributed by atoms with Crippen molar-refractivity contribution in [1.29, 1.82) is 0 Å². The van der Waals surface area contributed by atoms with E-state index in [2.05, 4.69) is 15.3 Å². The molecular weight excluding hydrogens is 469 g/mol. The van der Waals surface area contributed by atoms with Gasteiger partial charge in [0.15, 0.2) is 0 Å². The van der Waals surface area contributed by atoms with Gasteiger partial charge in [0.2, 0.25) is 5.69 Å². The molecular formula is C25H23ClFN7O. The van der Waals surface area contributed by atoms with Gasteiger partial charge in [0.1, 0.15) is 22.5 Å². The molecule has 1 amide bonds. The maximum Gasteiger partial charge on any atom is 0.274 e. The van der Waals surface area contributed by atoms with Crippen molar-refractivity contribution in [3.63, 3.8) is 0 Å². The van der Waals surface area contributed by atoms with Gasteiger partial charge in [-0.25, -0.2) is 14.2 Å². The number of imidazole rings is 1. The molecule has 5 rings (SSSR count). The van der Waals surface area contributed by atoms with Crippen molar-refractivity contribution < 1.29 is 9.18 Å². The lowest BCUT2D eigenvalue weighted by Gasteiger charge is -2.16. The molecule has 1 fully saturated rings. The molecule has 4 aromatic rings. The van der Waals surface area contributed by atoms with Gasteiger partial charge < -0.3 is 10.2 Å². The zero-order valence-electron chi connectivity index (χ0n) is 19.5. The lowest BCUT2D eigenvalue weighted by molar-refractivity contribution is 0.0783. The van der Waals surface area contributed by atoms with Crippen LogP contribution < -0.4 is 5.32 Å². The highest BCUT2D eigenvalue weighted by Gasteiger charge is 2.30. The molecule has 2 aromatic carbocycles. The Kier molecular flexibility index (Phi) is 5.79. The zero-order chi connectivity index (χ0) is 24.9. The van der Waals surface area contributed by atoms with E-state index in [0.717, 1.165) is 23.0 Å². The van der Waals surface area contributed by atoms with E-state index >= 15 is 0 Å². The summed E-state index contributed by atoms with van der Waals surface area (Å²) in [5.74, 6) is -0.399. The van der Waals surface area contributed by atoms with Crippen molar-refractivity contribution in [2.45, 2.75) is 19.4 Å². The first-order valence-corrected chi connectivity index (χ1v) is 11.6. The summed E-state index contributed by atoms with van der Waals surface area (Å²) in [4.78, 5) is 23.2. The fourth-order valence-electron chi connectivity index (χ4n) is 4.58. The van der Waals surface area contributed by atoms with Gasteiger partial charge in [-0.2, -0.15) is 5.10 Å². The number of nitrogens with one attached hydrogen (secondary N) is 1. The zero-order valence-corrected chi connectivity index (χ0v) is 20.3. The summed E-state index contributed by atoms with van der Waals surface area (Å²) < 4.78 is 18.0. The largest absolute Gasteiger partial charge is 0.336 e. The molecule has 1 N–H and O–H groups in total. The molecule has 1 atom stereocenters. The van der Waals surface area contributed by atoms with Crippen molar-refractivity contribution in [2.24, 2.45) is 7.05 Å². The van der Waals surface area contributed by atoms with E-state index in [1.807, 2.05) is 36.7 Å². The van der Waals surface area contributed by atoms with Crippen LogP contribution in [0.5, 0.6) is 0 Å². The number of carbonyl (C=O) groups excluding carboxylic acids is 1. The van der Waals surface area contributed by atoms with Crippen LogP contribution in [0.2, 0.25) is 5.15 Å². The van der Waals surface area contributed by atoms with Gasteiger partial charge in [0, 0.05) is 42.8 Å². The monoisotopic (exact) mass is 491 g/mol.